The number of aryl methyl sites for hydroxylation is 1. The Morgan fingerprint density at radius 2 is 2.08 bits per heavy atom. The van der Waals surface area contributed by atoms with E-state index in [1.54, 1.807) is 0 Å². The van der Waals surface area contributed by atoms with E-state index in [9.17, 15) is 4.79 Å². The van der Waals surface area contributed by atoms with Gasteiger partial charge < -0.3 is 11.1 Å². The van der Waals surface area contributed by atoms with Gasteiger partial charge in [-0.2, -0.15) is 5.10 Å². The molecule has 3 N–H and O–H groups in total. The largest absolute Gasteiger partial charge is 0.351 e. The number of hydrogen-bond donors (Lipinski definition) is 2. The molecule has 134 valence electrons. The number of nitrogens with zero attached hydrogens (tertiary/aromatic N) is 2. The Labute approximate surface area is 161 Å². The van der Waals surface area contributed by atoms with E-state index in [0.717, 1.165) is 27.9 Å². The Balaban J connectivity index is 0.00000225. The van der Waals surface area contributed by atoms with Crippen molar-refractivity contribution in [2.45, 2.75) is 19.9 Å². The molecule has 0 bridgehead atoms. The molecule has 8 heteroatoms. The van der Waals surface area contributed by atoms with Crippen molar-refractivity contribution in [2.75, 3.05) is 13.1 Å². The molecule has 3 rings (SSSR count). The van der Waals surface area contributed by atoms with Crippen molar-refractivity contribution in [3.8, 4) is 0 Å². The predicted molar refractivity (Wildman–Crippen MR) is 106 cm³/mol. The number of carbonyl (C=O) groups excluding carboxylic acids is 1. The molecule has 1 aromatic carbocycles. The minimum absolute atomic E-state index is 0. The van der Waals surface area contributed by atoms with E-state index in [1.165, 1.54) is 11.3 Å². The Bertz CT molecular complexity index is 858. The summed E-state index contributed by atoms with van der Waals surface area (Å²) in [6.45, 7) is 3.78. The number of thiophene rings is 1. The third-order valence-electron chi connectivity index (χ3n) is 3.74. The fourth-order valence-corrected chi connectivity index (χ4v) is 3.69. The van der Waals surface area contributed by atoms with Crippen LogP contribution in [0.5, 0.6) is 0 Å². The minimum Gasteiger partial charge on any atom is -0.351 e. The standard InChI is InChI=1S/C17H19ClN4OS.ClH/c1-11-14-9-15(16(23)20-8-2-7-19)24-17(14)22(21-11)10-12-3-5-13(18)6-4-12;/h3-6,9H,2,7-8,10,19H2,1H3,(H,20,23);1H. The van der Waals surface area contributed by atoms with Crippen LogP contribution in [-0.2, 0) is 6.54 Å². The number of benzene rings is 1. The van der Waals surface area contributed by atoms with Gasteiger partial charge in [0.2, 0.25) is 0 Å². The second kappa shape index (κ2) is 8.67. The molecule has 25 heavy (non-hydrogen) atoms. The number of halogens is 2. The number of nitrogens with one attached hydrogen (secondary N) is 1. The molecule has 3 aromatic rings. The number of carbonyl (C=O) groups is 1. The summed E-state index contributed by atoms with van der Waals surface area (Å²) in [6, 6.07) is 9.63. The quantitative estimate of drug-likeness (QED) is 0.622. The van der Waals surface area contributed by atoms with Crippen molar-refractivity contribution < 1.29 is 4.79 Å². The first-order valence-electron chi connectivity index (χ1n) is 7.78. The van der Waals surface area contributed by atoms with Crippen LogP contribution in [0.1, 0.15) is 27.3 Å². The SMILES string of the molecule is Cc1nn(Cc2ccc(Cl)cc2)c2sc(C(=O)NCCCN)cc12.Cl. The van der Waals surface area contributed by atoms with Crippen LogP contribution in [0.15, 0.2) is 30.3 Å². The highest BCUT2D eigenvalue weighted by atomic mass is 35.5. The molecule has 2 aromatic heterocycles. The van der Waals surface area contributed by atoms with Gasteiger partial charge in [0.25, 0.3) is 5.91 Å². The van der Waals surface area contributed by atoms with E-state index in [-0.39, 0.29) is 18.3 Å². The van der Waals surface area contributed by atoms with Gasteiger partial charge in [-0.25, -0.2) is 0 Å². The fourth-order valence-electron chi connectivity index (χ4n) is 2.49. The lowest BCUT2D eigenvalue weighted by Crippen LogP contribution is -2.25. The smallest absolute Gasteiger partial charge is 0.261 e. The van der Waals surface area contributed by atoms with Gasteiger partial charge in [0, 0.05) is 17.0 Å². The highest BCUT2D eigenvalue weighted by molar-refractivity contribution is 7.20. The minimum atomic E-state index is -0.0536. The van der Waals surface area contributed by atoms with Gasteiger partial charge in [-0.3, -0.25) is 9.48 Å². The average molecular weight is 399 g/mol. The van der Waals surface area contributed by atoms with Crippen LogP contribution < -0.4 is 11.1 Å². The molecule has 0 saturated carbocycles. The number of fused-ring (bicyclic) bond motifs is 1. The lowest BCUT2D eigenvalue weighted by atomic mass is 10.2. The molecule has 0 aliphatic heterocycles. The zero-order valence-electron chi connectivity index (χ0n) is 13.8. The third kappa shape index (κ3) is 4.52. The van der Waals surface area contributed by atoms with Crippen LogP contribution in [-0.4, -0.2) is 28.8 Å². The molecule has 0 unspecified atom stereocenters. The van der Waals surface area contributed by atoms with Crippen molar-refractivity contribution in [2.24, 2.45) is 5.73 Å². The lowest BCUT2D eigenvalue weighted by Gasteiger charge is -2.03. The first-order valence-corrected chi connectivity index (χ1v) is 8.97. The Morgan fingerprint density at radius 1 is 1.36 bits per heavy atom. The second-order valence-corrected chi connectivity index (χ2v) is 7.06. The van der Waals surface area contributed by atoms with E-state index in [0.29, 0.717) is 29.5 Å². The Hall–Kier alpha value is -1.60. The molecule has 2 heterocycles. The monoisotopic (exact) mass is 398 g/mol. The Kier molecular flexibility index (Phi) is 6.84. The molecule has 0 aliphatic rings. The van der Waals surface area contributed by atoms with Crippen LogP contribution in [0.2, 0.25) is 5.02 Å². The molecular weight excluding hydrogens is 379 g/mol. The molecule has 0 radical (unpaired) electrons. The van der Waals surface area contributed by atoms with E-state index < -0.39 is 0 Å². The highest BCUT2D eigenvalue weighted by Gasteiger charge is 2.16. The summed E-state index contributed by atoms with van der Waals surface area (Å²) in [6.07, 6.45) is 0.778. The first kappa shape index (κ1) is 19.7. The summed E-state index contributed by atoms with van der Waals surface area (Å²) in [5.74, 6) is -0.0536. The number of rotatable bonds is 6. The van der Waals surface area contributed by atoms with E-state index >= 15 is 0 Å². The normalized spacial score (nSPS) is 10.7. The van der Waals surface area contributed by atoms with E-state index in [4.69, 9.17) is 17.3 Å². The van der Waals surface area contributed by atoms with Gasteiger partial charge >= 0.3 is 0 Å². The van der Waals surface area contributed by atoms with Crippen molar-refractivity contribution in [3.63, 3.8) is 0 Å². The molecular formula is C17H20Cl2N4OS. The van der Waals surface area contributed by atoms with Crippen LogP contribution in [0, 0.1) is 6.92 Å². The molecule has 0 spiro atoms. The summed E-state index contributed by atoms with van der Waals surface area (Å²) in [5.41, 5.74) is 7.50. The maximum atomic E-state index is 12.2. The molecule has 0 saturated heterocycles. The second-order valence-electron chi connectivity index (χ2n) is 5.60. The Morgan fingerprint density at radius 3 is 2.76 bits per heavy atom. The summed E-state index contributed by atoms with van der Waals surface area (Å²) in [4.78, 5) is 13.9. The fraction of sp³-hybridized carbons (Fsp3) is 0.294. The molecule has 0 aliphatic carbocycles. The number of hydrogen-bond acceptors (Lipinski definition) is 4. The number of amides is 1. The molecule has 1 amide bonds. The summed E-state index contributed by atoms with van der Waals surface area (Å²) >= 11 is 7.40. The van der Waals surface area contributed by atoms with Crippen molar-refractivity contribution in [1.29, 1.82) is 0 Å². The third-order valence-corrected chi connectivity index (χ3v) is 5.14. The van der Waals surface area contributed by atoms with Crippen molar-refractivity contribution in [1.82, 2.24) is 15.1 Å². The van der Waals surface area contributed by atoms with Crippen LogP contribution in [0.3, 0.4) is 0 Å². The maximum absolute atomic E-state index is 12.2. The number of nitrogens with two attached hydrogens (primary N) is 1. The van der Waals surface area contributed by atoms with Crippen molar-refractivity contribution >= 4 is 51.5 Å². The van der Waals surface area contributed by atoms with Crippen molar-refractivity contribution in [3.05, 3.63) is 51.5 Å². The van der Waals surface area contributed by atoms with Crippen LogP contribution in [0.4, 0.5) is 0 Å². The summed E-state index contributed by atoms with van der Waals surface area (Å²) in [7, 11) is 0. The zero-order chi connectivity index (χ0) is 17.1. The van der Waals surface area contributed by atoms with Crippen LogP contribution in [0.25, 0.3) is 10.2 Å². The van der Waals surface area contributed by atoms with Gasteiger partial charge in [0.05, 0.1) is 17.1 Å². The van der Waals surface area contributed by atoms with Gasteiger partial charge in [0.15, 0.2) is 0 Å². The highest BCUT2D eigenvalue weighted by Crippen LogP contribution is 2.29. The summed E-state index contributed by atoms with van der Waals surface area (Å²) in [5, 5.41) is 9.22. The van der Waals surface area contributed by atoms with Gasteiger partial charge in [0.1, 0.15) is 4.83 Å². The summed E-state index contributed by atoms with van der Waals surface area (Å²) < 4.78 is 1.94. The lowest BCUT2D eigenvalue weighted by molar-refractivity contribution is 0.0957. The molecule has 0 atom stereocenters. The van der Waals surface area contributed by atoms with E-state index in [1.807, 2.05) is 41.9 Å². The zero-order valence-corrected chi connectivity index (χ0v) is 16.2. The van der Waals surface area contributed by atoms with Gasteiger partial charge in [-0.05, 0) is 43.7 Å². The molecule has 0 fully saturated rings. The first-order chi connectivity index (χ1) is 11.6. The number of aromatic nitrogens is 2. The van der Waals surface area contributed by atoms with E-state index in [2.05, 4.69) is 10.4 Å². The average Bonchev–Trinajstić information content (AvgIpc) is 3.12. The topological polar surface area (TPSA) is 72.9 Å². The van der Waals surface area contributed by atoms with Gasteiger partial charge in [-0.15, -0.1) is 23.7 Å². The maximum Gasteiger partial charge on any atom is 0.261 e. The van der Waals surface area contributed by atoms with Crippen LogP contribution >= 0.6 is 35.3 Å². The predicted octanol–water partition coefficient (Wildman–Crippen LogP) is 3.61. The van der Waals surface area contributed by atoms with Gasteiger partial charge in [-0.1, -0.05) is 23.7 Å². The molecule has 5 nitrogen and oxygen atoms in total.